The molecule has 2 rings (SSSR count). The monoisotopic (exact) mass is 252 g/mol. The predicted molar refractivity (Wildman–Crippen MR) is 68.2 cm³/mol. The van der Waals surface area contributed by atoms with Crippen molar-refractivity contribution in [3.05, 3.63) is 18.0 Å². The maximum atomic E-state index is 10.4. The number of ether oxygens (including phenoxy) is 1. The van der Waals surface area contributed by atoms with E-state index in [1.165, 1.54) is 0 Å². The summed E-state index contributed by atoms with van der Waals surface area (Å²) in [4.78, 5) is 10.4. The van der Waals surface area contributed by atoms with Gasteiger partial charge in [0.05, 0.1) is 11.3 Å². The summed E-state index contributed by atoms with van der Waals surface area (Å²) in [6.45, 7) is 2.11. The Hall–Kier alpha value is -1.24. The molecule has 0 aromatic carbocycles. The lowest BCUT2D eigenvalue weighted by molar-refractivity contribution is -0.0574. The van der Waals surface area contributed by atoms with Crippen LogP contribution in [-0.4, -0.2) is 47.5 Å². The maximum absolute atomic E-state index is 10.4. The minimum Gasteiger partial charge on any atom is -0.388 e. The van der Waals surface area contributed by atoms with E-state index in [4.69, 9.17) is 10.5 Å². The number of nitrogens with two attached hydrogens (primary N) is 1. The van der Waals surface area contributed by atoms with Gasteiger partial charge in [-0.05, 0) is 6.07 Å². The van der Waals surface area contributed by atoms with Gasteiger partial charge in [0.25, 0.3) is 0 Å². The molecular weight excluding hydrogens is 232 g/mol. The van der Waals surface area contributed by atoms with Crippen molar-refractivity contribution < 1.29 is 9.84 Å². The molecule has 0 saturated carbocycles. The third-order valence-corrected chi connectivity index (χ3v) is 3.21. The molecule has 0 atom stereocenters. The lowest BCUT2D eigenvalue weighted by Crippen LogP contribution is -2.46. The largest absolute Gasteiger partial charge is 0.388 e. The summed E-state index contributed by atoms with van der Waals surface area (Å²) in [5, 5.41) is 10.4. The average molecular weight is 252 g/mol. The molecule has 1 aromatic rings. The summed E-state index contributed by atoms with van der Waals surface area (Å²) in [7, 11) is 1.88. The van der Waals surface area contributed by atoms with Gasteiger partial charge in [-0.1, -0.05) is 0 Å². The van der Waals surface area contributed by atoms with Crippen molar-refractivity contribution in [2.75, 3.05) is 31.7 Å². The molecule has 1 saturated heterocycles. The first-order valence-electron chi connectivity index (χ1n) is 6.16. The highest BCUT2D eigenvalue weighted by molar-refractivity contribution is 5.29. The molecule has 0 bridgehead atoms. The summed E-state index contributed by atoms with van der Waals surface area (Å²) in [6, 6.07) is 1.79. The van der Waals surface area contributed by atoms with Crippen molar-refractivity contribution >= 4 is 5.95 Å². The zero-order valence-electron chi connectivity index (χ0n) is 10.7. The number of aliphatic hydroxyl groups is 1. The number of hydrogen-bond donors (Lipinski definition) is 2. The highest BCUT2D eigenvalue weighted by atomic mass is 16.5. The van der Waals surface area contributed by atoms with Crippen molar-refractivity contribution in [2.45, 2.75) is 25.0 Å². The van der Waals surface area contributed by atoms with Crippen LogP contribution in [0.5, 0.6) is 0 Å². The molecule has 0 radical (unpaired) electrons. The Labute approximate surface area is 107 Å². The van der Waals surface area contributed by atoms with E-state index in [0.29, 0.717) is 45.1 Å². The van der Waals surface area contributed by atoms with Crippen LogP contribution in [0.15, 0.2) is 12.3 Å². The van der Waals surface area contributed by atoms with E-state index in [1.54, 1.807) is 12.3 Å². The van der Waals surface area contributed by atoms with Crippen LogP contribution in [0.2, 0.25) is 0 Å². The van der Waals surface area contributed by atoms with Crippen LogP contribution in [-0.2, 0) is 11.3 Å². The molecule has 0 aliphatic carbocycles. The molecule has 1 aromatic heterocycles. The fourth-order valence-electron chi connectivity index (χ4n) is 2.10. The first kappa shape index (κ1) is 13.2. The fourth-order valence-corrected chi connectivity index (χ4v) is 2.10. The van der Waals surface area contributed by atoms with Crippen LogP contribution in [0, 0.1) is 0 Å². The van der Waals surface area contributed by atoms with Gasteiger partial charge in [0.2, 0.25) is 5.95 Å². The second-order valence-corrected chi connectivity index (χ2v) is 4.74. The molecule has 6 heteroatoms. The maximum Gasteiger partial charge on any atom is 0.225 e. The number of hydrogen-bond acceptors (Lipinski definition) is 6. The third-order valence-electron chi connectivity index (χ3n) is 3.21. The first-order valence-corrected chi connectivity index (χ1v) is 6.16. The smallest absolute Gasteiger partial charge is 0.225 e. The van der Waals surface area contributed by atoms with Gasteiger partial charge in [-0.25, -0.2) is 9.97 Å². The highest BCUT2D eigenvalue weighted by Crippen LogP contribution is 2.22. The quantitative estimate of drug-likeness (QED) is 0.779. The fraction of sp³-hybridized carbons (Fsp3) is 0.667. The molecule has 3 N–H and O–H groups in total. The molecule has 100 valence electrons. The Balaban J connectivity index is 2.03. The van der Waals surface area contributed by atoms with Crippen molar-refractivity contribution in [1.82, 2.24) is 9.97 Å². The minimum atomic E-state index is -0.713. The van der Waals surface area contributed by atoms with Crippen molar-refractivity contribution in [1.29, 1.82) is 0 Å². The van der Waals surface area contributed by atoms with Crippen LogP contribution in [0.25, 0.3) is 0 Å². The Morgan fingerprint density at radius 1 is 1.50 bits per heavy atom. The Kier molecular flexibility index (Phi) is 4.11. The second-order valence-electron chi connectivity index (χ2n) is 4.74. The van der Waals surface area contributed by atoms with Gasteiger partial charge in [0.1, 0.15) is 0 Å². The van der Waals surface area contributed by atoms with E-state index in [-0.39, 0.29) is 0 Å². The number of nitrogens with zero attached hydrogens (tertiary/aromatic N) is 3. The summed E-state index contributed by atoms with van der Waals surface area (Å²) in [5.74, 6) is 0.595. The Morgan fingerprint density at radius 2 is 2.22 bits per heavy atom. The molecule has 0 amide bonds. The Bertz CT molecular complexity index is 393. The summed E-state index contributed by atoms with van der Waals surface area (Å²) >= 11 is 0. The van der Waals surface area contributed by atoms with E-state index < -0.39 is 5.60 Å². The van der Waals surface area contributed by atoms with Gasteiger partial charge in [-0.3, -0.25) is 0 Å². The molecular formula is C12H20N4O2. The molecule has 1 aliphatic heterocycles. The summed E-state index contributed by atoms with van der Waals surface area (Å²) in [6.07, 6.45) is 2.98. The molecule has 18 heavy (non-hydrogen) atoms. The first-order chi connectivity index (χ1) is 8.63. The van der Waals surface area contributed by atoms with Gasteiger partial charge >= 0.3 is 0 Å². The van der Waals surface area contributed by atoms with E-state index in [1.807, 2.05) is 11.9 Å². The lowest BCUT2D eigenvalue weighted by Gasteiger charge is -2.35. The van der Waals surface area contributed by atoms with Crippen LogP contribution < -0.4 is 10.6 Å². The number of rotatable bonds is 4. The highest BCUT2D eigenvalue weighted by Gasteiger charge is 2.31. The topological polar surface area (TPSA) is 84.5 Å². The predicted octanol–water partition coefficient (Wildman–Crippen LogP) is -0.0870. The van der Waals surface area contributed by atoms with Crippen LogP contribution >= 0.6 is 0 Å². The van der Waals surface area contributed by atoms with E-state index >= 15 is 0 Å². The Morgan fingerprint density at radius 3 is 2.89 bits per heavy atom. The SMILES string of the molecule is CN(CC1(O)CCOCC1)c1nccc(CN)n1. The number of aromatic nitrogens is 2. The average Bonchev–Trinajstić information content (AvgIpc) is 2.39. The van der Waals surface area contributed by atoms with Crippen LogP contribution in [0.3, 0.4) is 0 Å². The summed E-state index contributed by atoms with van der Waals surface area (Å²) in [5.41, 5.74) is 5.64. The molecule has 1 fully saturated rings. The molecule has 2 heterocycles. The minimum absolute atomic E-state index is 0.390. The van der Waals surface area contributed by atoms with E-state index in [0.717, 1.165) is 5.69 Å². The van der Waals surface area contributed by atoms with Gasteiger partial charge in [-0.2, -0.15) is 0 Å². The van der Waals surface area contributed by atoms with Gasteiger partial charge < -0.3 is 20.5 Å². The molecule has 0 spiro atoms. The molecule has 1 aliphatic rings. The number of anilines is 1. The standard InChI is InChI=1S/C12H20N4O2/c1-16(9-12(17)3-6-18-7-4-12)11-14-5-2-10(8-13)15-11/h2,5,17H,3-4,6-9,13H2,1H3. The summed E-state index contributed by atoms with van der Waals surface area (Å²) < 4.78 is 5.26. The van der Waals surface area contributed by atoms with Gasteiger partial charge in [-0.15, -0.1) is 0 Å². The van der Waals surface area contributed by atoms with E-state index in [9.17, 15) is 5.11 Å². The van der Waals surface area contributed by atoms with Crippen LogP contribution in [0.4, 0.5) is 5.95 Å². The number of likely N-dealkylation sites (N-methyl/N-ethyl adjacent to an activating group) is 1. The second kappa shape index (κ2) is 5.60. The van der Waals surface area contributed by atoms with Gasteiger partial charge in [0, 0.05) is 52.4 Å². The van der Waals surface area contributed by atoms with Gasteiger partial charge in [0.15, 0.2) is 0 Å². The molecule has 6 nitrogen and oxygen atoms in total. The normalized spacial score (nSPS) is 18.6. The zero-order valence-corrected chi connectivity index (χ0v) is 10.7. The van der Waals surface area contributed by atoms with Crippen molar-refractivity contribution in [2.24, 2.45) is 5.73 Å². The van der Waals surface area contributed by atoms with Crippen molar-refractivity contribution in [3.8, 4) is 0 Å². The van der Waals surface area contributed by atoms with Crippen LogP contribution in [0.1, 0.15) is 18.5 Å². The van der Waals surface area contributed by atoms with E-state index in [2.05, 4.69) is 9.97 Å². The zero-order chi connectivity index (χ0) is 13.0. The van der Waals surface area contributed by atoms with Crippen molar-refractivity contribution in [3.63, 3.8) is 0 Å². The lowest BCUT2D eigenvalue weighted by atomic mass is 9.94. The molecule has 0 unspecified atom stereocenters. The third kappa shape index (κ3) is 3.16.